The van der Waals surface area contributed by atoms with Crippen molar-refractivity contribution in [2.24, 2.45) is 0 Å². The number of nitrogens with two attached hydrogens (primary N) is 1. The fraction of sp³-hybridized carbons (Fsp3) is 0.222. The molecule has 0 spiro atoms. The van der Waals surface area contributed by atoms with Crippen LogP contribution in [0.5, 0.6) is 0 Å². The van der Waals surface area contributed by atoms with Crippen molar-refractivity contribution >= 4 is 30.6 Å². The molecule has 6 nitrogen and oxygen atoms in total. The number of rotatable bonds is 6. The number of nitrogen functional groups attached to an aromatic ring is 1. The van der Waals surface area contributed by atoms with Crippen molar-refractivity contribution in [1.29, 1.82) is 0 Å². The van der Waals surface area contributed by atoms with Crippen LogP contribution in [0, 0.1) is 0 Å². The molecule has 8 heteroatoms. The molecule has 0 fully saturated rings. The lowest BCUT2D eigenvalue weighted by atomic mass is 10.1. The topological polar surface area (TPSA) is 80.2 Å². The zero-order valence-corrected chi connectivity index (χ0v) is 16.1. The van der Waals surface area contributed by atoms with Crippen molar-refractivity contribution in [3.63, 3.8) is 0 Å². The predicted octanol–water partition coefficient (Wildman–Crippen LogP) is 2.78. The summed E-state index contributed by atoms with van der Waals surface area (Å²) in [7, 11) is 1.99. The van der Waals surface area contributed by atoms with Gasteiger partial charge in [-0.25, -0.2) is 9.97 Å². The summed E-state index contributed by atoms with van der Waals surface area (Å²) in [5.41, 5.74) is 8.93. The van der Waals surface area contributed by atoms with E-state index in [0.717, 1.165) is 23.6 Å². The van der Waals surface area contributed by atoms with Gasteiger partial charge in [-0.3, -0.25) is 9.47 Å². The molecule has 2 aromatic heterocycles. The van der Waals surface area contributed by atoms with Crippen LogP contribution >= 0.6 is 24.8 Å². The average Bonchev–Trinajstić information content (AvgIpc) is 3.05. The Morgan fingerprint density at radius 1 is 1.12 bits per heavy atom. The number of hydrogen-bond donors (Lipinski definition) is 2. The van der Waals surface area contributed by atoms with Crippen LogP contribution in [0.4, 0.5) is 5.82 Å². The molecule has 0 atom stereocenters. The Labute approximate surface area is 165 Å². The van der Waals surface area contributed by atoms with Crippen LogP contribution < -0.4 is 5.73 Å². The molecule has 0 bridgehead atoms. The van der Waals surface area contributed by atoms with Crippen LogP contribution in [0.3, 0.4) is 0 Å². The largest absolute Gasteiger partial charge is 0.395 e. The molecule has 0 aliphatic heterocycles. The highest BCUT2D eigenvalue weighted by Gasteiger charge is 2.09. The minimum atomic E-state index is 0. The predicted molar refractivity (Wildman–Crippen MR) is 109 cm³/mol. The van der Waals surface area contributed by atoms with E-state index < -0.39 is 0 Å². The van der Waals surface area contributed by atoms with Crippen molar-refractivity contribution in [2.45, 2.75) is 6.54 Å². The molecule has 0 unspecified atom stereocenters. The molecule has 3 N–H and O–H groups in total. The smallest absolute Gasteiger partial charge is 0.144 e. The van der Waals surface area contributed by atoms with Crippen LogP contribution in [0.2, 0.25) is 0 Å². The number of halogens is 2. The number of hydrogen-bond acceptors (Lipinski definition) is 5. The Morgan fingerprint density at radius 2 is 1.92 bits per heavy atom. The maximum Gasteiger partial charge on any atom is 0.144 e. The summed E-state index contributed by atoms with van der Waals surface area (Å²) in [6, 6.07) is 12.0. The fourth-order valence-corrected chi connectivity index (χ4v) is 2.68. The summed E-state index contributed by atoms with van der Waals surface area (Å²) in [6.45, 7) is 1.59. The van der Waals surface area contributed by atoms with E-state index in [0.29, 0.717) is 12.4 Å². The number of benzene rings is 1. The SMILES string of the molecule is CN(CCO)Cc1cccc(-n2ccnc2-c2ccnc(N)c2)c1.Cl.Cl. The molecule has 1 aromatic carbocycles. The van der Waals surface area contributed by atoms with Crippen LogP contribution in [0.15, 0.2) is 55.0 Å². The highest BCUT2D eigenvalue weighted by molar-refractivity contribution is 5.85. The van der Waals surface area contributed by atoms with Gasteiger partial charge in [-0.1, -0.05) is 12.1 Å². The molecule has 0 saturated heterocycles. The third-order valence-corrected chi connectivity index (χ3v) is 3.80. The van der Waals surface area contributed by atoms with Gasteiger partial charge in [0.15, 0.2) is 0 Å². The first kappa shape index (κ1) is 21.9. The van der Waals surface area contributed by atoms with E-state index in [-0.39, 0.29) is 31.4 Å². The maximum absolute atomic E-state index is 9.03. The first-order valence-electron chi connectivity index (χ1n) is 7.81. The number of likely N-dealkylation sites (N-methyl/N-ethyl adjacent to an activating group) is 1. The minimum Gasteiger partial charge on any atom is -0.395 e. The fourth-order valence-electron chi connectivity index (χ4n) is 2.68. The third-order valence-electron chi connectivity index (χ3n) is 3.80. The van der Waals surface area contributed by atoms with Gasteiger partial charge < -0.3 is 10.8 Å². The quantitative estimate of drug-likeness (QED) is 0.670. The normalized spacial score (nSPS) is 10.3. The van der Waals surface area contributed by atoms with E-state index in [2.05, 4.69) is 27.0 Å². The van der Waals surface area contributed by atoms with Crippen molar-refractivity contribution < 1.29 is 5.11 Å². The molecule has 0 aliphatic rings. The maximum atomic E-state index is 9.03. The molecule has 3 aromatic rings. The van der Waals surface area contributed by atoms with Crippen molar-refractivity contribution in [2.75, 3.05) is 25.9 Å². The number of imidazole rings is 1. The summed E-state index contributed by atoms with van der Waals surface area (Å²) < 4.78 is 2.03. The third kappa shape index (κ3) is 5.19. The van der Waals surface area contributed by atoms with Crippen LogP contribution in [-0.4, -0.2) is 44.7 Å². The van der Waals surface area contributed by atoms with E-state index >= 15 is 0 Å². The van der Waals surface area contributed by atoms with Gasteiger partial charge in [0.1, 0.15) is 11.6 Å². The molecular weight excluding hydrogens is 373 g/mol. The second-order valence-corrected chi connectivity index (χ2v) is 5.72. The van der Waals surface area contributed by atoms with Gasteiger partial charge in [0.2, 0.25) is 0 Å². The van der Waals surface area contributed by atoms with Gasteiger partial charge in [0.05, 0.1) is 6.61 Å². The summed E-state index contributed by atoms with van der Waals surface area (Å²) in [5, 5.41) is 9.03. The van der Waals surface area contributed by atoms with Gasteiger partial charge in [0.25, 0.3) is 0 Å². The highest BCUT2D eigenvalue weighted by Crippen LogP contribution is 2.23. The molecule has 0 amide bonds. The lowest BCUT2D eigenvalue weighted by Crippen LogP contribution is -2.21. The molecule has 26 heavy (non-hydrogen) atoms. The molecule has 0 aliphatic carbocycles. The van der Waals surface area contributed by atoms with E-state index in [1.165, 1.54) is 5.56 Å². The molecular formula is C18H23Cl2N5O. The second-order valence-electron chi connectivity index (χ2n) is 5.72. The highest BCUT2D eigenvalue weighted by atomic mass is 35.5. The Kier molecular flexibility index (Phi) is 8.54. The molecule has 2 heterocycles. The Morgan fingerprint density at radius 3 is 2.65 bits per heavy atom. The van der Waals surface area contributed by atoms with Crippen LogP contribution in [-0.2, 0) is 6.54 Å². The van der Waals surface area contributed by atoms with Crippen LogP contribution in [0.25, 0.3) is 17.1 Å². The Bertz CT molecular complexity index is 825. The van der Waals surface area contributed by atoms with Gasteiger partial charge >= 0.3 is 0 Å². The zero-order chi connectivity index (χ0) is 16.9. The molecule has 140 valence electrons. The van der Waals surface area contributed by atoms with Gasteiger partial charge in [-0.2, -0.15) is 0 Å². The standard InChI is InChI=1S/C18H21N5O.2ClH/c1-22(9-10-24)13-14-3-2-4-16(11-14)23-8-7-21-18(23)15-5-6-20-17(19)12-15;;/h2-8,11-12,24H,9-10,13H2,1H3,(H2,19,20);2*1H. The zero-order valence-electron chi connectivity index (χ0n) is 14.4. The van der Waals surface area contributed by atoms with E-state index in [9.17, 15) is 0 Å². The summed E-state index contributed by atoms with van der Waals surface area (Å²) >= 11 is 0. The van der Waals surface area contributed by atoms with E-state index in [1.807, 2.05) is 42.1 Å². The Hall–Kier alpha value is -2.12. The van der Waals surface area contributed by atoms with Crippen molar-refractivity contribution in [1.82, 2.24) is 19.4 Å². The first-order chi connectivity index (χ1) is 11.7. The van der Waals surface area contributed by atoms with E-state index in [1.54, 1.807) is 12.4 Å². The monoisotopic (exact) mass is 395 g/mol. The second kappa shape index (κ2) is 10.1. The number of aromatic nitrogens is 3. The first-order valence-corrected chi connectivity index (χ1v) is 7.81. The number of anilines is 1. The Balaban J connectivity index is 0.00000169. The molecule has 0 radical (unpaired) electrons. The summed E-state index contributed by atoms with van der Waals surface area (Å²) in [5.74, 6) is 1.30. The van der Waals surface area contributed by atoms with Gasteiger partial charge in [-0.15, -0.1) is 24.8 Å². The average molecular weight is 396 g/mol. The lowest BCUT2D eigenvalue weighted by Gasteiger charge is -2.16. The molecule has 0 saturated carbocycles. The van der Waals surface area contributed by atoms with Crippen LogP contribution in [0.1, 0.15) is 5.56 Å². The van der Waals surface area contributed by atoms with Crippen molar-refractivity contribution in [3.8, 4) is 17.1 Å². The van der Waals surface area contributed by atoms with Crippen molar-refractivity contribution in [3.05, 3.63) is 60.6 Å². The minimum absolute atomic E-state index is 0. The van der Waals surface area contributed by atoms with Gasteiger partial charge in [0, 0.05) is 42.9 Å². The number of aliphatic hydroxyl groups excluding tert-OH is 1. The lowest BCUT2D eigenvalue weighted by molar-refractivity contribution is 0.217. The number of nitrogens with zero attached hydrogens (tertiary/aromatic N) is 4. The van der Waals surface area contributed by atoms with Gasteiger partial charge in [-0.05, 0) is 36.9 Å². The molecule has 3 rings (SSSR count). The number of pyridine rings is 1. The number of aliphatic hydroxyl groups is 1. The summed E-state index contributed by atoms with van der Waals surface area (Å²) in [4.78, 5) is 10.6. The summed E-state index contributed by atoms with van der Waals surface area (Å²) in [6.07, 6.45) is 5.39. The van der Waals surface area contributed by atoms with E-state index in [4.69, 9.17) is 10.8 Å².